The van der Waals surface area contributed by atoms with Crippen molar-refractivity contribution >= 4 is 17.2 Å². The Labute approximate surface area is 128 Å². The molecule has 0 aliphatic rings. The quantitative estimate of drug-likeness (QED) is 0.856. The van der Waals surface area contributed by atoms with Crippen LogP contribution in [0.25, 0.3) is 0 Å². The van der Waals surface area contributed by atoms with Gasteiger partial charge >= 0.3 is 0 Å². The molecule has 1 amide bonds. The number of nitrogens with one attached hydrogen (secondary N) is 1. The molecular formula is C17H17NO2S. The van der Waals surface area contributed by atoms with Gasteiger partial charge in [-0.25, -0.2) is 0 Å². The van der Waals surface area contributed by atoms with Crippen LogP contribution in [-0.2, 0) is 6.54 Å². The third-order valence-corrected chi connectivity index (χ3v) is 4.00. The molecule has 0 spiro atoms. The van der Waals surface area contributed by atoms with Gasteiger partial charge in [0.1, 0.15) is 6.61 Å². The monoisotopic (exact) mass is 299 g/mol. The van der Waals surface area contributed by atoms with Crippen molar-refractivity contribution in [3.63, 3.8) is 0 Å². The number of aliphatic hydroxyl groups is 1. The molecule has 2 rings (SSSR count). The summed E-state index contributed by atoms with van der Waals surface area (Å²) < 4.78 is 0. The van der Waals surface area contributed by atoms with Crippen LogP contribution in [0.1, 0.15) is 31.2 Å². The van der Waals surface area contributed by atoms with Gasteiger partial charge in [0.05, 0.1) is 11.4 Å². The molecule has 1 aromatic carbocycles. The highest BCUT2D eigenvalue weighted by atomic mass is 32.1. The molecule has 1 aromatic heterocycles. The van der Waals surface area contributed by atoms with Crippen LogP contribution in [0.3, 0.4) is 0 Å². The molecule has 0 unspecified atom stereocenters. The van der Waals surface area contributed by atoms with Crippen molar-refractivity contribution in [2.45, 2.75) is 20.4 Å². The predicted octanol–water partition coefficient (Wildman–Crippen LogP) is 2.64. The van der Waals surface area contributed by atoms with Gasteiger partial charge in [0.25, 0.3) is 5.91 Å². The Morgan fingerprint density at radius 1 is 1.29 bits per heavy atom. The molecule has 0 atom stereocenters. The lowest BCUT2D eigenvalue weighted by Crippen LogP contribution is -2.23. The molecule has 108 valence electrons. The zero-order valence-electron chi connectivity index (χ0n) is 12.1. The number of hydrogen-bond donors (Lipinski definition) is 2. The summed E-state index contributed by atoms with van der Waals surface area (Å²) >= 11 is 1.52. The van der Waals surface area contributed by atoms with Crippen molar-refractivity contribution in [2.24, 2.45) is 0 Å². The van der Waals surface area contributed by atoms with Crippen molar-refractivity contribution in [1.29, 1.82) is 0 Å². The van der Waals surface area contributed by atoms with Gasteiger partial charge in [-0.05, 0) is 37.6 Å². The molecular weight excluding hydrogens is 282 g/mol. The van der Waals surface area contributed by atoms with Gasteiger partial charge < -0.3 is 10.4 Å². The average Bonchev–Trinajstić information content (AvgIpc) is 2.90. The maximum atomic E-state index is 12.2. The highest BCUT2D eigenvalue weighted by molar-refractivity contribution is 7.12. The van der Waals surface area contributed by atoms with E-state index in [4.69, 9.17) is 5.11 Å². The van der Waals surface area contributed by atoms with Crippen LogP contribution in [0, 0.1) is 25.7 Å². The Morgan fingerprint density at radius 2 is 2.10 bits per heavy atom. The molecule has 0 aliphatic heterocycles. The average molecular weight is 299 g/mol. The largest absolute Gasteiger partial charge is 0.384 e. The fourth-order valence-corrected chi connectivity index (χ4v) is 2.82. The van der Waals surface area contributed by atoms with Gasteiger partial charge in [0.15, 0.2) is 0 Å². The van der Waals surface area contributed by atoms with Crippen LogP contribution >= 0.6 is 11.3 Å². The zero-order valence-corrected chi connectivity index (χ0v) is 12.9. The standard InChI is InChI=1S/C17H17NO2S/c1-12-5-8-16(13(2)10-12)17(20)18-11-15-7-6-14(21-15)4-3-9-19/h5-8,10,19H,9,11H2,1-2H3,(H,18,20). The first kappa shape index (κ1) is 15.3. The molecule has 0 bridgehead atoms. The molecule has 0 saturated heterocycles. The van der Waals surface area contributed by atoms with Crippen molar-refractivity contribution in [1.82, 2.24) is 5.32 Å². The van der Waals surface area contributed by atoms with Gasteiger partial charge in [0, 0.05) is 10.4 Å². The van der Waals surface area contributed by atoms with E-state index >= 15 is 0 Å². The van der Waals surface area contributed by atoms with E-state index in [1.807, 2.05) is 44.2 Å². The Morgan fingerprint density at radius 3 is 2.81 bits per heavy atom. The van der Waals surface area contributed by atoms with E-state index in [0.29, 0.717) is 12.1 Å². The molecule has 1 heterocycles. The van der Waals surface area contributed by atoms with Crippen molar-refractivity contribution in [2.75, 3.05) is 6.61 Å². The molecule has 2 aromatic rings. The number of aryl methyl sites for hydroxylation is 2. The predicted molar refractivity (Wildman–Crippen MR) is 85.4 cm³/mol. The highest BCUT2D eigenvalue weighted by Crippen LogP contribution is 2.16. The second-order valence-electron chi connectivity index (χ2n) is 4.73. The Kier molecular flexibility index (Phi) is 5.15. The summed E-state index contributed by atoms with van der Waals surface area (Å²) in [5.41, 5.74) is 2.83. The number of aliphatic hydroxyl groups excluding tert-OH is 1. The maximum Gasteiger partial charge on any atom is 0.251 e. The second-order valence-corrected chi connectivity index (χ2v) is 5.90. The summed E-state index contributed by atoms with van der Waals surface area (Å²) in [4.78, 5) is 14.1. The number of benzene rings is 1. The first-order chi connectivity index (χ1) is 10.1. The van der Waals surface area contributed by atoms with Crippen LogP contribution in [-0.4, -0.2) is 17.6 Å². The number of carbonyl (C=O) groups is 1. The molecule has 0 radical (unpaired) electrons. The molecule has 3 nitrogen and oxygen atoms in total. The van der Waals surface area contributed by atoms with Crippen LogP contribution in [0.4, 0.5) is 0 Å². The first-order valence-electron chi connectivity index (χ1n) is 6.64. The van der Waals surface area contributed by atoms with Gasteiger partial charge in [-0.1, -0.05) is 29.5 Å². The number of carbonyl (C=O) groups excluding carboxylic acids is 1. The number of amides is 1. The minimum atomic E-state index is -0.142. The Bertz CT molecular complexity index is 707. The van der Waals surface area contributed by atoms with E-state index in [1.54, 1.807) is 0 Å². The van der Waals surface area contributed by atoms with E-state index < -0.39 is 0 Å². The highest BCUT2D eigenvalue weighted by Gasteiger charge is 2.09. The fraction of sp³-hybridized carbons (Fsp3) is 0.235. The summed E-state index contributed by atoms with van der Waals surface area (Å²) in [5, 5.41) is 11.6. The van der Waals surface area contributed by atoms with Crippen LogP contribution in [0.5, 0.6) is 0 Å². The van der Waals surface area contributed by atoms with Gasteiger partial charge in [0.2, 0.25) is 0 Å². The smallest absolute Gasteiger partial charge is 0.251 e. The van der Waals surface area contributed by atoms with Crippen molar-refractivity contribution in [3.05, 3.63) is 56.8 Å². The molecule has 0 saturated carbocycles. The summed E-state index contributed by atoms with van der Waals surface area (Å²) in [6, 6.07) is 9.63. The minimum Gasteiger partial charge on any atom is -0.384 e. The van der Waals surface area contributed by atoms with Crippen molar-refractivity contribution < 1.29 is 9.90 Å². The van der Waals surface area contributed by atoms with E-state index in [0.717, 1.165) is 20.9 Å². The third-order valence-electron chi connectivity index (χ3n) is 3.00. The van der Waals surface area contributed by atoms with Crippen LogP contribution in [0.2, 0.25) is 0 Å². The molecule has 4 heteroatoms. The molecule has 2 N–H and O–H groups in total. The number of rotatable bonds is 3. The molecule has 0 aliphatic carbocycles. The fourth-order valence-electron chi connectivity index (χ4n) is 2.00. The first-order valence-corrected chi connectivity index (χ1v) is 7.45. The SMILES string of the molecule is Cc1ccc(C(=O)NCc2ccc(C#CCO)s2)c(C)c1. The van der Waals surface area contributed by atoms with Crippen LogP contribution in [0.15, 0.2) is 30.3 Å². The topological polar surface area (TPSA) is 49.3 Å². The summed E-state index contributed by atoms with van der Waals surface area (Å²) in [6.45, 7) is 4.29. The molecule has 0 fully saturated rings. The summed E-state index contributed by atoms with van der Waals surface area (Å²) in [7, 11) is 0. The van der Waals surface area contributed by atoms with Gasteiger partial charge in [-0.2, -0.15) is 0 Å². The molecule has 21 heavy (non-hydrogen) atoms. The lowest BCUT2D eigenvalue weighted by atomic mass is 10.1. The van der Waals surface area contributed by atoms with Crippen molar-refractivity contribution in [3.8, 4) is 11.8 Å². The number of hydrogen-bond acceptors (Lipinski definition) is 3. The number of thiophene rings is 1. The van der Waals surface area contributed by atoms with Gasteiger partial charge in [-0.3, -0.25) is 4.79 Å². The lowest BCUT2D eigenvalue weighted by Gasteiger charge is -2.07. The Balaban J connectivity index is 1.99. The minimum absolute atomic E-state index is 0.0658. The van der Waals surface area contributed by atoms with E-state index in [-0.39, 0.29) is 12.5 Å². The van der Waals surface area contributed by atoms with E-state index in [9.17, 15) is 4.79 Å². The van der Waals surface area contributed by atoms with Crippen LogP contribution < -0.4 is 5.32 Å². The van der Waals surface area contributed by atoms with Gasteiger partial charge in [-0.15, -0.1) is 11.3 Å². The van der Waals surface area contributed by atoms with E-state index in [2.05, 4.69) is 17.2 Å². The summed E-state index contributed by atoms with van der Waals surface area (Å²) in [6.07, 6.45) is 0. The van der Waals surface area contributed by atoms with E-state index in [1.165, 1.54) is 11.3 Å². The zero-order chi connectivity index (χ0) is 15.2. The summed E-state index contributed by atoms with van der Waals surface area (Å²) in [5.74, 6) is 5.40. The normalized spacial score (nSPS) is 9.86. The lowest BCUT2D eigenvalue weighted by molar-refractivity contribution is 0.0950. The second kappa shape index (κ2) is 7.07. The maximum absolute atomic E-state index is 12.2. The third kappa shape index (κ3) is 4.19. The Hall–Kier alpha value is -2.09.